The standard InChI is InChI=1S/C26H36N8O6/c27-8-4-3-7-20(32-25(38)21(10-16-12-29-14-31-16)33-23(36)18(28)13-35)24(37)34-22(26(39)40)9-15-11-30-19-6-2-1-5-17(15)19/h1-2,5-6,11-12,14,18,20-22,30,35H,3-4,7-10,13,27-28H2,(H,29,31)(H,32,38)(H,33,36)(H,34,37)(H,39,40). The molecule has 2 aromatic heterocycles. The Labute approximate surface area is 230 Å². The summed E-state index contributed by atoms with van der Waals surface area (Å²) in [5.74, 6) is -3.36. The fraction of sp³-hybridized carbons (Fsp3) is 0.423. The summed E-state index contributed by atoms with van der Waals surface area (Å²) in [4.78, 5) is 60.9. The number of nitrogens with one attached hydrogen (secondary N) is 5. The van der Waals surface area contributed by atoms with Crippen LogP contribution in [0.15, 0.2) is 43.0 Å². The van der Waals surface area contributed by atoms with Gasteiger partial charge in [0.1, 0.15) is 24.2 Å². The number of fused-ring (bicyclic) bond motifs is 1. The number of rotatable bonds is 16. The molecular weight excluding hydrogens is 520 g/mol. The minimum Gasteiger partial charge on any atom is -0.480 e. The van der Waals surface area contributed by atoms with Crippen molar-refractivity contribution >= 4 is 34.6 Å². The zero-order valence-electron chi connectivity index (χ0n) is 21.9. The minimum atomic E-state index is -1.26. The zero-order valence-corrected chi connectivity index (χ0v) is 21.9. The molecule has 4 unspecified atom stereocenters. The van der Waals surface area contributed by atoms with Crippen molar-refractivity contribution in [2.24, 2.45) is 11.5 Å². The highest BCUT2D eigenvalue weighted by Crippen LogP contribution is 2.19. The molecule has 4 atom stereocenters. The molecule has 0 bridgehead atoms. The van der Waals surface area contributed by atoms with E-state index in [0.29, 0.717) is 25.1 Å². The second-order valence-corrected chi connectivity index (χ2v) is 9.44. The summed E-state index contributed by atoms with van der Waals surface area (Å²) >= 11 is 0. The third-order valence-electron chi connectivity index (χ3n) is 6.44. The number of hydrogen-bond donors (Lipinski definition) is 9. The van der Waals surface area contributed by atoms with Gasteiger partial charge in [-0.25, -0.2) is 9.78 Å². The number of unbranched alkanes of at least 4 members (excludes halogenated alkanes) is 1. The lowest BCUT2D eigenvalue weighted by molar-refractivity contribution is -0.142. The predicted molar refractivity (Wildman–Crippen MR) is 146 cm³/mol. The highest BCUT2D eigenvalue weighted by atomic mass is 16.4. The summed E-state index contributed by atoms with van der Waals surface area (Å²) in [6, 6.07) is 2.64. The quantitative estimate of drug-likeness (QED) is 0.0947. The number of imidazole rings is 1. The predicted octanol–water partition coefficient (Wildman–Crippen LogP) is -1.34. The number of carbonyl (C=O) groups is 4. The number of carboxylic acids is 1. The van der Waals surface area contributed by atoms with E-state index in [9.17, 15) is 29.4 Å². The second-order valence-electron chi connectivity index (χ2n) is 9.44. The maximum absolute atomic E-state index is 13.3. The van der Waals surface area contributed by atoms with Crippen LogP contribution in [0.4, 0.5) is 0 Å². The van der Waals surface area contributed by atoms with Gasteiger partial charge >= 0.3 is 5.97 Å². The molecule has 40 heavy (non-hydrogen) atoms. The average Bonchev–Trinajstić information content (AvgIpc) is 3.61. The number of aromatic amines is 2. The summed E-state index contributed by atoms with van der Waals surface area (Å²) in [5.41, 5.74) is 13.3. The third kappa shape index (κ3) is 8.36. The van der Waals surface area contributed by atoms with Crippen LogP contribution in [0.3, 0.4) is 0 Å². The molecule has 3 aromatic rings. The first-order valence-electron chi connectivity index (χ1n) is 13.0. The molecule has 2 heterocycles. The Hall–Kier alpha value is -4.27. The Morgan fingerprint density at radius 2 is 1.62 bits per heavy atom. The largest absolute Gasteiger partial charge is 0.480 e. The topological polar surface area (TPSA) is 241 Å². The average molecular weight is 557 g/mol. The minimum absolute atomic E-state index is 0.00513. The Bertz CT molecular complexity index is 1280. The highest BCUT2D eigenvalue weighted by Gasteiger charge is 2.31. The summed E-state index contributed by atoms with van der Waals surface area (Å²) in [5, 5.41) is 27.6. The fourth-order valence-corrected chi connectivity index (χ4v) is 4.21. The van der Waals surface area contributed by atoms with Crippen LogP contribution in [0, 0.1) is 0 Å². The molecule has 1 aromatic carbocycles. The molecule has 0 radical (unpaired) electrons. The van der Waals surface area contributed by atoms with Crippen molar-refractivity contribution in [1.29, 1.82) is 0 Å². The van der Waals surface area contributed by atoms with Crippen LogP contribution in [0.1, 0.15) is 30.5 Å². The van der Waals surface area contributed by atoms with Gasteiger partial charge < -0.3 is 47.6 Å². The van der Waals surface area contributed by atoms with E-state index in [0.717, 1.165) is 16.5 Å². The van der Waals surface area contributed by atoms with Crippen molar-refractivity contribution in [2.45, 2.75) is 56.3 Å². The SMILES string of the molecule is NCCCCC(NC(=O)C(Cc1cnc[nH]1)NC(=O)C(N)CO)C(=O)NC(Cc1c[nH]c2ccccc12)C(=O)O. The lowest BCUT2D eigenvalue weighted by Crippen LogP contribution is -2.58. The highest BCUT2D eigenvalue weighted by molar-refractivity contribution is 5.94. The van der Waals surface area contributed by atoms with Crippen LogP contribution in [0.5, 0.6) is 0 Å². The first-order chi connectivity index (χ1) is 19.2. The van der Waals surface area contributed by atoms with Gasteiger partial charge in [-0.05, 0) is 37.4 Å². The monoisotopic (exact) mass is 556 g/mol. The van der Waals surface area contributed by atoms with Crippen molar-refractivity contribution in [3.8, 4) is 0 Å². The van der Waals surface area contributed by atoms with Crippen LogP contribution in [-0.4, -0.2) is 86.2 Å². The van der Waals surface area contributed by atoms with E-state index in [1.807, 2.05) is 24.3 Å². The number of aliphatic carboxylic acids is 1. The normalized spacial score (nSPS) is 14.2. The number of aliphatic hydroxyl groups excluding tert-OH is 1. The number of carbonyl (C=O) groups excluding carboxylic acids is 3. The van der Waals surface area contributed by atoms with Gasteiger partial charge in [-0.3, -0.25) is 14.4 Å². The molecule has 0 fully saturated rings. The molecule has 14 heteroatoms. The molecule has 216 valence electrons. The fourth-order valence-electron chi connectivity index (χ4n) is 4.21. The van der Waals surface area contributed by atoms with Crippen molar-refractivity contribution in [3.05, 3.63) is 54.2 Å². The molecule has 14 nitrogen and oxygen atoms in total. The van der Waals surface area contributed by atoms with Crippen molar-refractivity contribution < 1.29 is 29.4 Å². The molecule has 0 aliphatic heterocycles. The second kappa shape index (κ2) is 14.8. The van der Waals surface area contributed by atoms with Gasteiger partial charge in [-0.1, -0.05) is 18.2 Å². The van der Waals surface area contributed by atoms with Crippen LogP contribution in [0.2, 0.25) is 0 Å². The number of nitrogens with two attached hydrogens (primary N) is 2. The van der Waals surface area contributed by atoms with E-state index < -0.39 is 54.5 Å². The first kappa shape index (κ1) is 30.3. The van der Waals surface area contributed by atoms with Gasteiger partial charge in [0.15, 0.2) is 0 Å². The summed E-state index contributed by atoms with van der Waals surface area (Å²) in [6.45, 7) is -0.250. The number of H-pyrrole nitrogens is 2. The van der Waals surface area contributed by atoms with Gasteiger partial charge in [-0.15, -0.1) is 0 Å². The third-order valence-corrected chi connectivity index (χ3v) is 6.44. The molecule has 0 saturated heterocycles. The zero-order chi connectivity index (χ0) is 29.1. The number of amides is 3. The Morgan fingerprint density at radius 1 is 0.925 bits per heavy atom. The van der Waals surface area contributed by atoms with Gasteiger partial charge in [0, 0.05) is 41.8 Å². The van der Waals surface area contributed by atoms with Crippen molar-refractivity contribution in [2.75, 3.05) is 13.2 Å². The molecule has 3 rings (SSSR count). The Balaban J connectivity index is 1.76. The van der Waals surface area contributed by atoms with Crippen molar-refractivity contribution in [3.63, 3.8) is 0 Å². The molecule has 0 aliphatic rings. The molecule has 0 aliphatic carbocycles. The maximum atomic E-state index is 13.3. The lowest BCUT2D eigenvalue weighted by atomic mass is 10.0. The van der Waals surface area contributed by atoms with Gasteiger partial charge in [-0.2, -0.15) is 0 Å². The van der Waals surface area contributed by atoms with Gasteiger partial charge in [0.25, 0.3) is 0 Å². The molecule has 3 amide bonds. The van der Waals surface area contributed by atoms with E-state index in [1.54, 1.807) is 6.20 Å². The number of hydrogen-bond acceptors (Lipinski definition) is 8. The number of carboxylic acid groups (broad SMARTS) is 1. The summed E-state index contributed by atoms with van der Waals surface area (Å²) in [7, 11) is 0. The van der Waals surface area contributed by atoms with Crippen molar-refractivity contribution in [1.82, 2.24) is 30.9 Å². The van der Waals surface area contributed by atoms with Gasteiger partial charge in [0.05, 0.1) is 12.9 Å². The smallest absolute Gasteiger partial charge is 0.326 e. The van der Waals surface area contributed by atoms with E-state index >= 15 is 0 Å². The molecular formula is C26H36N8O6. The number of aliphatic hydroxyl groups is 1. The van der Waals surface area contributed by atoms with Crippen LogP contribution >= 0.6 is 0 Å². The molecule has 0 saturated carbocycles. The Kier molecular flexibility index (Phi) is 11.2. The molecule has 0 spiro atoms. The van der Waals surface area contributed by atoms with Crippen LogP contribution in [0.25, 0.3) is 10.9 Å². The van der Waals surface area contributed by atoms with Crippen LogP contribution in [-0.2, 0) is 32.0 Å². The first-order valence-corrected chi connectivity index (χ1v) is 13.0. The Morgan fingerprint density at radius 3 is 2.30 bits per heavy atom. The summed E-state index contributed by atoms with van der Waals surface area (Å²) in [6.07, 6.45) is 5.87. The van der Waals surface area contributed by atoms with Crippen LogP contribution < -0.4 is 27.4 Å². The summed E-state index contributed by atoms with van der Waals surface area (Å²) < 4.78 is 0. The number of nitrogens with zero attached hydrogens (tertiary/aromatic N) is 1. The molecule has 11 N–H and O–H groups in total. The van der Waals surface area contributed by atoms with E-state index in [2.05, 4.69) is 30.9 Å². The van der Waals surface area contributed by atoms with E-state index in [-0.39, 0.29) is 19.3 Å². The van der Waals surface area contributed by atoms with E-state index in [4.69, 9.17) is 11.5 Å². The lowest BCUT2D eigenvalue weighted by Gasteiger charge is -2.25. The number of para-hydroxylation sites is 1. The maximum Gasteiger partial charge on any atom is 0.326 e. The van der Waals surface area contributed by atoms with Gasteiger partial charge in [0.2, 0.25) is 17.7 Å². The number of aromatic nitrogens is 3. The number of benzene rings is 1. The van der Waals surface area contributed by atoms with E-state index in [1.165, 1.54) is 12.5 Å².